The summed E-state index contributed by atoms with van der Waals surface area (Å²) in [7, 11) is 0. The van der Waals surface area contributed by atoms with Gasteiger partial charge in [0.15, 0.2) is 6.10 Å². The minimum atomic E-state index is -0.795. The largest absolute Gasteiger partial charge is 0.448 e. The predicted molar refractivity (Wildman–Crippen MR) is 88.6 cm³/mol. The number of carbonyl (C=O) groups is 2. The minimum absolute atomic E-state index is 0.292. The van der Waals surface area contributed by atoms with Crippen LogP contribution in [0.1, 0.15) is 32.6 Å². The Labute approximate surface area is 135 Å². The zero-order valence-electron chi connectivity index (χ0n) is 13.5. The molecule has 118 valence electrons. The summed E-state index contributed by atoms with van der Waals surface area (Å²) in [5, 5.41) is 2.87. The molecular weight excluding hydrogens is 290 g/mol. The first-order chi connectivity index (χ1) is 10.9. The van der Waals surface area contributed by atoms with Crippen LogP contribution in [-0.4, -0.2) is 18.0 Å². The molecule has 0 aromatic heterocycles. The van der Waals surface area contributed by atoms with Gasteiger partial charge in [0.1, 0.15) is 0 Å². The number of amides is 1. The fourth-order valence-corrected chi connectivity index (χ4v) is 2.75. The number of carbonyl (C=O) groups excluding carboxylic acids is 2. The topological polar surface area (TPSA) is 55.4 Å². The first-order valence-electron chi connectivity index (χ1n) is 7.62. The Morgan fingerprint density at radius 3 is 2.57 bits per heavy atom. The second kappa shape index (κ2) is 5.88. The fourth-order valence-electron chi connectivity index (χ4n) is 2.75. The minimum Gasteiger partial charge on any atom is -0.448 e. The monoisotopic (exact) mass is 309 g/mol. The van der Waals surface area contributed by atoms with Crippen molar-refractivity contribution in [2.45, 2.75) is 33.3 Å². The molecule has 4 nitrogen and oxygen atoms in total. The van der Waals surface area contributed by atoms with Crippen molar-refractivity contribution in [3.8, 4) is 0 Å². The van der Waals surface area contributed by atoms with Gasteiger partial charge in [-0.1, -0.05) is 29.8 Å². The molecule has 1 N–H and O–H groups in total. The average molecular weight is 309 g/mol. The van der Waals surface area contributed by atoms with E-state index in [1.807, 2.05) is 51.1 Å². The molecule has 0 aliphatic carbocycles. The third kappa shape index (κ3) is 3.11. The molecule has 4 heteroatoms. The van der Waals surface area contributed by atoms with Gasteiger partial charge in [-0.05, 0) is 49.6 Å². The van der Waals surface area contributed by atoms with Gasteiger partial charge in [-0.3, -0.25) is 4.79 Å². The van der Waals surface area contributed by atoms with Gasteiger partial charge >= 0.3 is 5.97 Å². The number of hydrogen-bond acceptors (Lipinski definition) is 3. The molecule has 0 fully saturated rings. The van der Waals surface area contributed by atoms with Gasteiger partial charge in [0.25, 0.3) is 5.91 Å². The summed E-state index contributed by atoms with van der Waals surface area (Å²) in [5.74, 6) is -0.730. The van der Waals surface area contributed by atoms with Crippen LogP contribution in [0, 0.1) is 20.8 Å². The van der Waals surface area contributed by atoms with Gasteiger partial charge in [0.05, 0.1) is 5.56 Å². The number of aryl methyl sites for hydroxylation is 3. The van der Waals surface area contributed by atoms with Gasteiger partial charge in [0.2, 0.25) is 0 Å². The Morgan fingerprint density at radius 1 is 1.09 bits per heavy atom. The smallest absolute Gasteiger partial charge is 0.339 e. The lowest BCUT2D eigenvalue weighted by atomic mass is 9.96. The highest BCUT2D eigenvalue weighted by Gasteiger charge is 2.31. The molecule has 2 aromatic carbocycles. The molecule has 0 saturated heterocycles. The second-order valence-electron chi connectivity index (χ2n) is 6.07. The lowest BCUT2D eigenvalue weighted by Crippen LogP contribution is -2.38. The van der Waals surface area contributed by atoms with Crippen LogP contribution in [0.3, 0.4) is 0 Å². The summed E-state index contributed by atoms with van der Waals surface area (Å²) in [6, 6.07) is 11.4. The molecule has 0 radical (unpaired) electrons. The van der Waals surface area contributed by atoms with E-state index in [0.29, 0.717) is 12.0 Å². The van der Waals surface area contributed by atoms with Crippen LogP contribution >= 0.6 is 0 Å². The molecule has 1 aliphatic rings. The highest BCUT2D eigenvalue weighted by molar-refractivity contribution is 6.00. The number of fused-ring (bicyclic) bond motifs is 1. The number of nitrogens with one attached hydrogen (secondary N) is 1. The molecule has 1 unspecified atom stereocenters. The van der Waals surface area contributed by atoms with Crippen LogP contribution in [0.4, 0.5) is 5.69 Å². The molecule has 0 spiro atoms. The number of esters is 1. The summed E-state index contributed by atoms with van der Waals surface area (Å²) < 4.78 is 5.31. The molecule has 23 heavy (non-hydrogen) atoms. The van der Waals surface area contributed by atoms with Crippen molar-refractivity contribution in [2.24, 2.45) is 0 Å². The van der Waals surface area contributed by atoms with Crippen molar-refractivity contribution in [1.29, 1.82) is 0 Å². The predicted octanol–water partition coefficient (Wildman–Crippen LogP) is 3.33. The van der Waals surface area contributed by atoms with Crippen LogP contribution in [-0.2, 0) is 16.0 Å². The van der Waals surface area contributed by atoms with Gasteiger partial charge in [-0.2, -0.15) is 0 Å². The van der Waals surface area contributed by atoms with Crippen LogP contribution in [0.15, 0.2) is 36.4 Å². The Morgan fingerprint density at radius 2 is 1.78 bits per heavy atom. The van der Waals surface area contributed by atoms with E-state index >= 15 is 0 Å². The number of cyclic esters (lactones) is 1. The molecule has 0 saturated carbocycles. The summed E-state index contributed by atoms with van der Waals surface area (Å²) >= 11 is 0. The maximum atomic E-state index is 12.5. The third-order valence-electron chi connectivity index (χ3n) is 4.08. The maximum Gasteiger partial charge on any atom is 0.339 e. The van der Waals surface area contributed by atoms with Crippen molar-refractivity contribution < 1.29 is 14.3 Å². The standard InChI is InChI=1S/C19H19NO3/c1-11-5-7-15-14(8-11)10-17(23-19(15)22)18(21)20-16-9-12(2)4-6-13(16)3/h4-9,17H,10H2,1-3H3,(H,20,21). The van der Waals surface area contributed by atoms with E-state index in [1.54, 1.807) is 6.07 Å². The zero-order chi connectivity index (χ0) is 16.6. The quantitative estimate of drug-likeness (QED) is 0.866. The van der Waals surface area contributed by atoms with E-state index in [4.69, 9.17) is 4.74 Å². The molecular formula is C19H19NO3. The molecule has 1 heterocycles. The lowest BCUT2D eigenvalue weighted by molar-refractivity contribution is -0.125. The number of benzene rings is 2. The highest BCUT2D eigenvalue weighted by atomic mass is 16.5. The number of rotatable bonds is 2. The van der Waals surface area contributed by atoms with Crippen molar-refractivity contribution in [1.82, 2.24) is 0 Å². The lowest BCUT2D eigenvalue weighted by Gasteiger charge is -2.24. The van der Waals surface area contributed by atoms with E-state index in [2.05, 4.69) is 5.32 Å². The van der Waals surface area contributed by atoms with E-state index in [0.717, 1.165) is 27.9 Å². The summed E-state index contributed by atoms with van der Waals surface area (Å²) in [5.41, 5.74) is 5.26. The average Bonchev–Trinajstić information content (AvgIpc) is 2.50. The zero-order valence-corrected chi connectivity index (χ0v) is 13.5. The molecule has 3 rings (SSSR count). The Balaban J connectivity index is 1.81. The van der Waals surface area contributed by atoms with E-state index in [1.165, 1.54) is 0 Å². The van der Waals surface area contributed by atoms with Gasteiger partial charge in [-0.25, -0.2) is 4.79 Å². The number of hydrogen-bond donors (Lipinski definition) is 1. The Kier molecular flexibility index (Phi) is 3.90. The normalized spacial score (nSPS) is 16.5. The van der Waals surface area contributed by atoms with E-state index in [-0.39, 0.29) is 5.91 Å². The Hall–Kier alpha value is -2.62. The van der Waals surface area contributed by atoms with Crippen LogP contribution in [0.5, 0.6) is 0 Å². The van der Waals surface area contributed by atoms with Crippen LogP contribution < -0.4 is 5.32 Å². The van der Waals surface area contributed by atoms with Crippen LogP contribution in [0.25, 0.3) is 0 Å². The maximum absolute atomic E-state index is 12.5. The van der Waals surface area contributed by atoms with E-state index in [9.17, 15) is 9.59 Å². The first-order valence-corrected chi connectivity index (χ1v) is 7.62. The van der Waals surface area contributed by atoms with Crippen molar-refractivity contribution in [3.05, 3.63) is 64.2 Å². The van der Waals surface area contributed by atoms with Gasteiger partial charge < -0.3 is 10.1 Å². The van der Waals surface area contributed by atoms with Crippen molar-refractivity contribution in [3.63, 3.8) is 0 Å². The highest BCUT2D eigenvalue weighted by Crippen LogP contribution is 2.24. The van der Waals surface area contributed by atoms with Crippen molar-refractivity contribution >= 4 is 17.6 Å². The fraction of sp³-hybridized carbons (Fsp3) is 0.263. The van der Waals surface area contributed by atoms with Gasteiger partial charge in [0, 0.05) is 12.1 Å². The van der Waals surface area contributed by atoms with E-state index < -0.39 is 12.1 Å². The summed E-state index contributed by atoms with van der Waals surface area (Å²) in [6.45, 7) is 5.86. The SMILES string of the molecule is Cc1ccc2c(c1)CC(C(=O)Nc1cc(C)ccc1C)OC2=O. The van der Waals surface area contributed by atoms with Gasteiger partial charge in [-0.15, -0.1) is 0 Å². The molecule has 1 atom stereocenters. The Bertz CT molecular complexity index is 795. The second-order valence-corrected chi connectivity index (χ2v) is 6.07. The molecule has 1 amide bonds. The molecule has 0 bridgehead atoms. The van der Waals surface area contributed by atoms with Crippen molar-refractivity contribution in [2.75, 3.05) is 5.32 Å². The first kappa shape index (κ1) is 15.3. The summed E-state index contributed by atoms with van der Waals surface area (Å²) in [4.78, 5) is 24.6. The molecule has 2 aromatic rings. The van der Waals surface area contributed by atoms with Crippen LogP contribution in [0.2, 0.25) is 0 Å². The number of anilines is 1. The third-order valence-corrected chi connectivity index (χ3v) is 4.08. The molecule has 1 aliphatic heterocycles. The summed E-state index contributed by atoms with van der Waals surface area (Å²) in [6.07, 6.45) is -0.392. The number of ether oxygens (including phenoxy) is 1.